The van der Waals surface area contributed by atoms with Gasteiger partial charge in [-0.05, 0) is 30.5 Å². The highest BCUT2D eigenvalue weighted by atomic mass is 32.2. The first-order valence-electron chi connectivity index (χ1n) is 6.86. The Morgan fingerprint density at radius 2 is 2.14 bits per heavy atom. The molecule has 1 aromatic rings. The normalized spacial score (nSPS) is 19.0. The van der Waals surface area contributed by atoms with Crippen molar-refractivity contribution in [1.29, 1.82) is 0 Å². The zero-order valence-corrected chi connectivity index (χ0v) is 13.0. The van der Waals surface area contributed by atoms with E-state index in [0.717, 1.165) is 6.26 Å². The van der Waals surface area contributed by atoms with Crippen LogP contribution in [0.4, 0.5) is 0 Å². The molecule has 0 spiro atoms. The van der Waals surface area contributed by atoms with Crippen LogP contribution in [-0.2, 0) is 21.4 Å². The molecule has 120 valence electrons. The number of carboxylic acid groups (broad SMARTS) is 1. The molecule has 0 bridgehead atoms. The van der Waals surface area contributed by atoms with E-state index in [0.29, 0.717) is 24.9 Å². The number of nitrogens with zero attached hydrogens (tertiary/aromatic N) is 1. The van der Waals surface area contributed by atoms with Gasteiger partial charge in [0.25, 0.3) is 0 Å². The summed E-state index contributed by atoms with van der Waals surface area (Å²) in [5.41, 5.74) is 0.794. The third kappa shape index (κ3) is 3.83. The van der Waals surface area contributed by atoms with Gasteiger partial charge in [0.05, 0.1) is 11.8 Å². The van der Waals surface area contributed by atoms with Crippen LogP contribution in [0.5, 0.6) is 0 Å². The topological polar surface area (TPSA) is 104 Å². The van der Waals surface area contributed by atoms with E-state index < -0.39 is 22.0 Å². The molecular weight excluding hydrogens is 308 g/mol. The first kappa shape index (κ1) is 16.4. The van der Waals surface area contributed by atoms with Crippen molar-refractivity contribution in [2.75, 3.05) is 12.8 Å². The van der Waals surface area contributed by atoms with E-state index in [9.17, 15) is 18.0 Å². The molecule has 0 aromatic heterocycles. The number of hydrogen-bond acceptors (Lipinski definition) is 4. The number of benzene rings is 1. The molecule has 1 saturated heterocycles. The zero-order valence-electron chi connectivity index (χ0n) is 12.2. The van der Waals surface area contributed by atoms with E-state index in [2.05, 4.69) is 5.32 Å². The van der Waals surface area contributed by atoms with Gasteiger partial charge in [-0.1, -0.05) is 12.1 Å². The maximum Gasteiger partial charge on any atom is 0.335 e. The van der Waals surface area contributed by atoms with Crippen LogP contribution in [0, 0.1) is 0 Å². The lowest BCUT2D eigenvalue weighted by atomic mass is 10.1. The Morgan fingerprint density at radius 1 is 1.41 bits per heavy atom. The summed E-state index contributed by atoms with van der Waals surface area (Å²) in [6.07, 6.45) is 2.24. The van der Waals surface area contributed by atoms with Gasteiger partial charge in [0.15, 0.2) is 0 Å². The minimum atomic E-state index is -3.40. The number of amides is 1. The van der Waals surface area contributed by atoms with E-state index in [1.165, 1.54) is 16.4 Å². The second-order valence-corrected chi connectivity index (χ2v) is 7.19. The standard InChI is InChI=1S/C14H18N2O5S/c1-22(20,21)16-7-3-6-12(16)13(17)15-9-10-4-2-5-11(8-10)14(18)19/h2,4-5,8,12H,3,6-7,9H2,1H3,(H,15,17)(H,18,19). The van der Waals surface area contributed by atoms with Crippen molar-refractivity contribution in [2.24, 2.45) is 0 Å². The van der Waals surface area contributed by atoms with Crippen LogP contribution in [0.15, 0.2) is 24.3 Å². The summed E-state index contributed by atoms with van der Waals surface area (Å²) in [4.78, 5) is 23.1. The highest BCUT2D eigenvalue weighted by Crippen LogP contribution is 2.20. The average Bonchev–Trinajstić information content (AvgIpc) is 2.94. The monoisotopic (exact) mass is 326 g/mol. The summed E-state index contributed by atoms with van der Waals surface area (Å²) < 4.78 is 24.5. The Balaban J connectivity index is 2.01. The van der Waals surface area contributed by atoms with Crippen LogP contribution in [0.25, 0.3) is 0 Å². The predicted octanol–water partition coefficient (Wildman–Crippen LogP) is 0.425. The molecule has 0 aliphatic carbocycles. The van der Waals surface area contributed by atoms with E-state index in [1.54, 1.807) is 12.1 Å². The Morgan fingerprint density at radius 3 is 2.77 bits per heavy atom. The number of sulfonamides is 1. The summed E-state index contributed by atoms with van der Waals surface area (Å²) in [5.74, 6) is -1.39. The number of aromatic carboxylic acids is 1. The minimum absolute atomic E-state index is 0.144. The number of carbonyl (C=O) groups excluding carboxylic acids is 1. The molecule has 2 N–H and O–H groups in total. The molecule has 1 aliphatic heterocycles. The van der Waals surface area contributed by atoms with Gasteiger partial charge in [-0.2, -0.15) is 4.31 Å². The van der Waals surface area contributed by atoms with Crippen molar-refractivity contribution in [1.82, 2.24) is 9.62 Å². The number of nitrogens with one attached hydrogen (secondary N) is 1. The molecule has 1 atom stereocenters. The van der Waals surface area contributed by atoms with Crippen molar-refractivity contribution in [3.05, 3.63) is 35.4 Å². The minimum Gasteiger partial charge on any atom is -0.478 e. The molecule has 8 heteroatoms. The maximum absolute atomic E-state index is 12.2. The van der Waals surface area contributed by atoms with Gasteiger partial charge in [-0.15, -0.1) is 0 Å². The largest absolute Gasteiger partial charge is 0.478 e. The summed E-state index contributed by atoms with van der Waals surface area (Å²) in [5, 5.41) is 11.6. The summed E-state index contributed by atoms with van der Waals surface area (Å²) in [6, 6.07) is 5.57. The summed E-state index contributed by atoms with van der Waals surface area (Å²) in [6.45, 7) is 0.513. The maximum atomic E-state index is 12.2. The van der Waals surface area contributed by atoms with E-state index >= 15 is 0 Å². The number of carbonyl (C=O) groups is 2. The van der Waals surface area contributed by atoms with E-state index in [1.807, 2.05) is 0 Å². The van der Waals surface area contributed by atoms with Crippen molar-refractivity contribution < 1.29 is 23.1 Å². The van der Waals surface area contributed by atoms with Gasteiger partial charge in [-0.3, -0.25) is 4.79 Å². The Bertz CT molecular complexity index is 686. The average molecular weight is 326 g/mol. The third-order valence-electron chi connectivity index (χ3n) is 3.57. The molecule has 1 fully saturated rings. The number of hydrogen-bond donors (Lipinski definition) is 2. The van der Waals surface area contributed by atoms with Gasteiger partial charge in [0.2, 0.25) is 15.9 Å². The molecule has 0 radical (unpaired) electrons. The lowest BCUT2D eigenvalue weighted by Crippen LogP contribution is -2.45. The van der Waals surface area contributed by atoms with Gasteiger partial charge in [0.1, 0.15) is 6.04 Å². The molecule has 1 unspecified atom stereocenters. The highest BCUT2D eigenvalue weighted by molar-refractivity contribution is 7.88. The van der Waals surface area contributed by atoms with Crippen LogP contribution in [0.3, 0.4) is 0 Å². The molecule has 2 rings (SSSR count). The van der Waals surface area contributed by atoms with Crippen molar-refractivity contribution >= 4 is 21.9 Å². The van der Waals surface area contributed by atoms with Crippen LogP contribution in [-0.4, -0.2) is 48.5 Å². The fourth-order valence-electron chi connectivity index (χ4n) is 2.52. The van der Waals surface area contributed by atoms with Crippen molar-refractivity contribution in [3.8, 4) is 0 Å². The highest BCUT2D eigenvalue weighted by Gasteiger charge is 2.36. The molecule has 7 nitrogen and oxygen atoms in total. The third-order valence-corrected chi connectivity index (χ3v) is 4.86. The smallest absolute Gasteiger partial charge is 0.335 e. The van der Waals surface area contributed by atoms with E-state index in [-0.39, 0.29) is 18.0 Å². The number of rotatable bonds is 5. The zero-order chi connectivity index (χ0) is 16.3. The van der Waals surface area contributed by atoms with Crippen molar-refractivity contribution in [3.63, 3.8) is 0 Å². The van der Waals surface area contributed by atoms with Gasteiger partial charge < -0.3 is 10.4 Å². The molecular formula is C14H18N2O5S. The summed E-state index contributed by atoms with van der Waals surface area (Å²) >= 11 is 0. The number of carboxylic acids is 1. The van der Waals surface area contributed by atoms with Crippen LogP contribution < -0.4 is 5.32 Å². The first-order valence-corrected chi connectivity index (χ1v) is 8.70. The SMILES string of the molecule is CS(=O)(=O)N1CCCC1C(=O)NCc1cccc(C(=O)O)c1. The quantitative estimate of drug-likeness (QED) is 0.816. The molecule has 1 heterocycles. The van der Waals surface area contributed by atoms with E-state index in [4.69, 9.17) is 5.11 Å². The van der Waals surface area contributed by atoms with Crippen molar-refractivity contribution in [2.45, 2.75) is 25.4 Å². The fourth-order valence-corrected chi connectivity index (χ4v) is 3.64. The first-order chi connectivity index (χ1) is 10.3. The Hall–Kier alpha value is -1.93. The molecule has 0 saturated carbocycles. The van der Waals surface area contributed by atoms with Gasteiger partial charge >= 0.3 is 5.97 Å². The molecule has 1 amide bonds. The summed E-state index contributed by atoms with van der Waals surface area (Å²) in [7, 11) is -3.40. The Labute approximate surface area is 129 Å². The van der Waals surface area contributed by atoms with Crippen LogP contribution >= 0.6 is 0 Å². The van der Waals surface area contributed by atoms with Gasteiger partial charge in [-0.25, -0.2) is 13.2 Å². The van der Waals surface area contributed by atoms with Crippen LogP contribution in [0.1, 0.15) is 28.8 Å². The molecule has 22 heavy (non-hydrogen) atoms. The lowest BCUT2D eigenvalue weighted by Gasteiger charge is -2.21. The molecule has 1 aromatic carbocycles. The fraction of sp³-hybridized carbons (Fsp3) is 0.429. The molecule has 1 aliphatic rings. The van der Waals surface area contributed by atoms with Gasteiger partial charge in [0, 0.05) is 13.1 Å². The Kier molecular flexibility index (Phi) is 4.82. The predicted molar refractivity (Wildman–Crippen MR) is 79.8 cm³/mol. The van der Waals surface area contributed by atoms with Crippen LogP contribution in [0.2, 0.25) is 0 Å². The second-order valence-electron chi connectivity index (χ2n) is 5.26. The lowest BCUT2D eigenvalue weighted by molar-refractivity contribution is -0.124. The second kappa shape index (κ2) is 6.45.